The Morgan fingerprint density at radius 2 is 1.37 bits per heavy atom. The molecule has 162 valence electrons. The van der Waals surface area contributed by atoms with Gasteiger partial charge in [-0.1, -0.05) is 64.7 Å². The summed E-state index contributed by atoms with van der Waals surface area (Å²) in [5.41, 5.74) is 0. The number of aliphatic hydroxyl groups is 2. The Hall–Kier alpha value is -0.690. The van der Waals surface area contributed by atoms with Crippen LogP contribution in [0.15, 0.2) is 0 Å². The Morgan fingerprint density at radius 1 is 0.815 bits per heavy atom. The van der Waals surface area contributed by atoms with Gasteiger partial charge in [-0.15, -0.1) is 0 Å². The number of nitrogens with zero attached hydrogens (tertiary/aromatic N) is 1. The molecule has 0 saturated carbocycles. The molecule has 0 bridgehead atoms. The number of hydrogen-bond donors (Lipinski definition) is 3. The molecule has 0 aromatic rings. The summed E-state index contributed by atoms with van der Waals surface area (Å²) in [6, 6.07) is 0. The average molecular weight is 389 g/mol. The van der Waals surface area contributed by atoms with Crippen molar-refractivity contribution >= 4 is 5.91 Å². The minimum Gasteiger partial charge on any atom is -0.395 e. The molecule has 0 aromatic carbocycles. The van der Waals surface area contributed by atoms with E-state index in [1.165, 1.54) is 51.4 Å². The van der Waals surface area contributed by atoms with Gasteiger partial charge in [0.15, 0.2) is 0 Å². The van der Waals surface area contributed by atoms with Gasteiger partial charge < -0.3 is 20.3 Å². The summed E-state index contributed by atoms with van der Waals surface area (Å²) in [5.74, 6) is 0.111. The van der Waals surface area contributed by atoms with Crippen molar-refractivity contribution < 1.29 is 19.7 Å². The fourth-order valence-corrected chi connectivity index (χ4v) is 3.04. The van der Waals surface area contributed by atoms with Gasteiger partial charge in [0.05, 0.1) is 26.4 Å². The molecular formula is C21H44N2O4. The molecule has 6 heteroatoms. The number of nitrogens with one attached hydrogen (secondary N) is 1. The zero-order valence-corrected chi connectivity index (χ0v) is 17.6. The fourth-order valence-electron chi connectivity index (χ4n) is 3.04. The molecule has 0 saturated heterocycles. The van der Waals surface area contributed by atoms with Crippen LogP contribution in [0, 0.1) is 0 Å². The SMILES string of the molecule is CCCCCCCCCCCCC(=O)NCCOCCN(CCO)CCO. The predicted molar refractivity (Wildman–Crippen MR) is 111 cm³/mol. The van der Waals surface area contributed by atoms with Gasteiger partial charge in [0, 0.05) is 32.6 Å². The minimum absolute atomic E-state index is 0.0784. The van der Waals surface area contributed by atoms with Crippen LogP contribution in [0.4, 0.5) is 0 Å². The van der Waals surface area contributed by atoms with Crippen LogP contribution in [0.25, 0.3) is 0 Å². The van der Waals surface area contributed by atoms with Gasteiger partial charge in [0.2, 0.25) is 5.91 Å². The van der Waals surface area contributed by atoms with Crippen LogP contribution in [0.3, 0.4) is 0 Å². The quantitative estimate of drug-likeness (QED) is 0.263. The third kappa shape index (κ3) is 19.9. The summed E-state index contributed by atoms with van der Waals surface area (Å²) >= 11 is 0. The van der Waals surface area contributed by atoms with Crippen molar-refractivity contribution in [3.8, 4) is 0 Å². The van der Waals surface area contributed by atoms with Crippen molar-refractivity contribution in [3.05, 3.63) is 0 Å². The maximum absolute atomic E-state index is 11.8. The van der Waals surface area contributed by atoms with Crippen molar-refractivity contribution in [2.24, 2.45) is 0 Å². The molecule has 1 amide bonds. The Labute approximate surface area is 166 Å². The predicted octanol–water partition coefficient (Wildman–Crippen LogP) is 2.72. The standard InChI is InChI=1S/C21H44N2O4/c1-2-3-4-5-6-7-8-9-10-11-12-21(26)22-13-19-27-20-16-23(14-17-24)15-18-25/h24-25H,2-20H2,1H3,(H,22,26). The largest absolute Gasteiger partial charge is 0.395 e. The summed E-state index contributed by atoms with van der Waals surface area (Å²) in [4.78, 5) is 13.7. The highest BCUT2D eigenvalue weighted by Crippen LogP contribution is 2.11. The molecule has 0 unspecified atom stereocenters. The van der Waals surface area contributed by atoms with Gasteiger partial charge in [0.25, 0.3) is 0 Å². The molecule has 0 radical (unpaired) electrons. The van der Waals surface area contributed by atoms with Crippen LogP contribution in [0.1, 0.15) is 77.6 Å². The smallest absolute Gasteiger partial charge is 0.220 e. The Bertz CT molecular complexity index is 311. The van der Waals surface area contributed by atoms with Crippen molar-refractivity contribution in [2.45, 2.75) is 77.6 Å². The van der Waals surface area contributed by atoms with Gasteiger partial charge >= 0.3 is 0 Å². The third-order valence-electron chi connectivity index (χ3n) is 4.71. The average Bonchev–Trinajstić information content (AvgIpc) is 2.66. The molecule has 0 spiro atoms. The number of amides is 1. The molecule has 0 aliphatic rings. The van der Waals surface area contributed by atoms with E-state index in [1.54, 1.807) is 0 Å². The minimum atomic E-state index is 0.0784. The summed E-state index contributed by atoms with van der Waals surface area (Å²) < 4.78 is 5.49. The second kappa shape index (κ2) is 21.6. The molecule has 6 nitrogen and oxygen atoms in total. The van der Waals surface area contributed by atoms with Gasteiger partial charge in [-0.25, -0.2) is 0 Å². The molecule has 0 rings (SSSR count). The van der Waals surface area contributed by atoms with Crippen LogP contribution in [0.5, 0.6) is 0 Å². The van der Waals surface area contributed by atoms with Crippen LogP contribution in [-0.2, 0) is 9.53 Å². The molecule has 0 fully saturated rings. The molecule has 3 N–H and O–H groups in total. The Balaban J connectivity index is 3.32. The molecule has 0 atom stereocenters. The van der Waals surface area contributed by atoms with Crippen LogP contribution in [0.2, 0.25) is 0 Å². The second-order valence-corrected chi connectivity index (χ2v) is 7.18. The topological polar surface area (TPSA) is 82.0 Å². The first kappa shape index (κ1) is 26.3. The van der Waals surface area contributed by atoms with Crippen molar-refractivity contribution in [3.63, 3.8) is 0 Å². The first-order valence-electron chi connectivity index (χ1n) is 11.0. The third-order valence-corrected chi connectivity index (χ3v) is 4.71. The molecule has 0 aliphatic heterocycles. The number of rotatable bonds is 21. The number of unbranched alkanes of at least 4 members (excludes halogenated alkanes) is 9. The lowest BCUT2D eigenvalue weighted by atomic mass is 10.1. The van der Waals surface area contributed by atoms with E-state index in [1.807, 2.05) is 4.90 Å². The maximum Gasteiger partial charge on any atom is 0.220 e. The Kier molecular flexibility index (Phi) is 21.1. The molecule has 0 heterocycles. The lowest BCUT2D eigenvalue weighted by Gasteiger charge is -2.19. The zero-order valence-electron chi connectivity index (χ0n) is 17.6. The monoisotopic (exact) mass is 388 g/mol. The molecule has 0 aliphatic carbocycles. The number of carbonyl (C=O) groups excluding carboxylic acids is 1. The number of ether oxygens (including phenoxy) is 1. The lowest BCUT2D eigenvalue weighted by Crippen LogP contribution is -2.33. The maximum atomic E-state index is 11.8. The number of aliphatic hydroxyl groups excluding tert-OH is 2. The second-order valence-electron chi connectivity index (χ2n) is 7.18. The fraction of sp³-hybridized carbons (Fsp3) is 0.952. The van der Waals surface area contributed by atoms with Gasteiger partial charge in [-0.05, 0) is 6.42 Å². The summed E-state index contributed by atoms with van der Waals surface area (Å²) in [6.07, 6.45) is 13.4. The van der Waals surface area contributed by atoms with Crippen molar-refractivity contribution in [2.75, 3.05) is 52.6 Å². The highest BCUT2D eigenvalue weighted by Gasteiger charge is 2.04. The number of carbonyl (C=O) groups is 1. The van der Waals surface area contributed by atoms with E-state index in [4.69, 9.17) is 14.9 Å². The van der Waals surface area contributed by atoms with E-state index in [9.17, 15) is 4.79 Å². The van der Waals surface area contributed by atoms with Crippen LogP contribution < -0.4 is 5.32 Å². The van der Waals surface area contributed by atoms with Crippen LogP contribution >= 0.6 is 0 Å². The highest BCUT2D eigenvalue weighted by atomic mass is 16.5. The van der Waals surface area contributed by atoms with E-state index in [0.29, 0.717) is 45.8 Å². The molecule has 0 aromatic heterocycles. The van der Waals surface area contributed by atoms with E-state index < -0.39 is 0 Å². The van der Waals surface area contributed by atoms with E-state index in [2.05, 4.69) is 12.2 Å². The van der Waals surface area contributed by atoms with E-state index >= 15 is 0 Å². The Morgan fingerprint density at radius 3 is 1.93 bits per heavy atom. The lowest BCUT2D eigenvalue weighted by molar-refractivity contribution is -0.121. The van der Waals surface area contributed by atoms with E-state index in [-0.39, 0.29) is 19.1 Å². The normalized spacial score (nSPS) is 11.3. The first-order chi connectivity index (χ1) is 13.2. The van der Waals surface area contributed by atoms with Crippen LogP contribution in [-0.4, -0.2) is 73.6 Å². The summed E-state index contributed by atoms with van der Waals surface area (Å²) in [6.45, 7) is 5.73. The van der Waals surface area contributed by atoms with E-state index in [0.717, 1.165) is 12.8 Å². The van der Waals surface area contributed by atoms with Gasteiger partial charge in [-0.3, -0.25) is 9.69 Å². The van der Waals surface area contributed by atoms with Gasteiger partial charge in [-0.2, -0.15) is 0 Å². The summed E-state index contributed by atoms with van der Waals surface area (Å²) in [5, 5.41) is 20.7. The first-order valence-corrected chi connectivity index (χ1v) is 11.0. The molecular weight excluding hydrogens is 344 g/mol. The molecule has 27 heavy (non-hydrogen) atoms. The van der Waals surface area contributed by atoms with Crippen molar-refractivity contribution in [1.29, 1.82) is 0 Å². The highest BCUT2D eigenvalue weighted by molar-refractivity contribution is 5.75. The summed E-state index contributed by atoms with van der Waals surface area (Å²) in [7, 11) is 0. The number of hydrogen-bond acceptors (Lipinski definition) is 5. The van der Waals surface area contributed by atoms with Crippen molar-refractivity contribution in [1.82, 2.24) is 10.2 Å². The van der Waals surface area contributed by atoms with Gasteiger partial charge in [0.1, 0.15) is 0 Å². The zero-order chi connectivity index (χ0) is 20.0.